The number of hydrogen-bond donors (Lipinski definition) is 1. The summed E-state index contributed by atoms with van der Waals surface area (Å²) in [4.78, 5) is 21.5. The number of nitrogens with zero attached hydrogens (tertiary/aromatic N) is 5. The summed E-state index contributed by atoms with van der Waals surface area (Å²) in [5.74, 6) is 1.85. The molecule has 2 aliphatic rings. The molecule has 0 atom stereocenters. The number of hydrogen-bond acceptors (Lipinski definition) is 7. The Morgan fingerprint density at radius 2 is 2.00 bits per heavy atom. The van der Waals surface area contributed by atoms with Crippen LogP contribution in [0.4, 0.5) is 5.82 Å². The van der Waals surface area contributed by atoms with Crippen LogP contribution in [0.1, 0.15) is 16.9 Å². The number of aliphatic hydroxyl groups excluding tert-OH is 1. The van der Waals surface area contributed by atoms with Crippen LogP contribution in [0.2, 0.25) is 0 Å². The molecule has 0 radical (unpaired) electrons. The predicted octanol–water partition coefficient (Wildman–Crippen LogP) is 2.36. The van der Waals surface area contributed by atoms with E-state index in [1.807, 2.05) is 29.7 Å². The first-order valence-electron chi connectivity index (χ1n) is 9.64. The maximum atomic E-state index is 9.20. The van der Waals surface area contributed by atoms with Crippen molar-refractivity contribution in [3.05, 3.63) is 35.0 Å². The zero-order valence-corrected chi connectivity index (χ0v) is 16.1. The van der Waals surface area contributed by atoms with Gasteiger partial charge in [-0.2, -0.15) is 0 Å². The quantitative estimate of drug-likeness (QED) is 0.748. The van der Waals surface area contributed by atoms with Crippen LogP contribution >= 0.6 is 11.3 Å². The lowest BCUT2D eigenvalue weighted by atomic mass is 10.1. The fourth-order valence-corrected chi connectivity index (χ4v) is 5.41. The van der Waals surface area contributed by atoms with Gasteiger partial charge in [0.1, 0.15) is 10.6 Å². The number of anilines is 1. The van der Waals surface area contributed by atoms with Crippen LogP contribution in [0.15, 0.2) is 24.5 Å². The van der Waals surface area contributed by atoms with Gasteiger partial charge in [-0.05, 0) is 37.0 Å². The summed E-state index contributed by atoms with van der Waals surface area (Å²) in [6.45, 7) is 4.76. The van der Waals surface area contributed by atoms with Crippen LogP contribution in [0.25, 0.3) is 21.6 Å². The molecule has 4 heterocycles. The molecule has 27 heavy (non-hydrogen) atoms. The molecule has 1 N–H and O–H groups in total. The van der Waals surface area contributed by atoms with Crippen molar-refractivity contribution in [2.75, 3.05) is 44.2 Å². The highest BCUT2D eigenvalue weighted by Crippen LogP contribution is 2.41. The van der Waals surface area contributed by atoms with Crippen molar-refractivity contribution < 1.29 is 5.11 Å². The Hall–Kier alpha value is -2.09. The Morgan fingerprint density at radius 1 is 1.11 bits per heavy atom. The molecule has 0 unspecified atom stereocenters. The molecule has 3 aromatic heterocycles. The van der Waals surface area contributed by atoms with E-state index in [0.717, 1.165) is 61.2 Å². The SMILES string of the molecule is OCCN1CCN(c2nc(-c3cccnc3)nc3sc4c(c23)CCC4)CC1. The highest BCUT2D eigenvalue weighted by molar-refractivity contribution is 7.19. The largest absolute Gasteiger partial charge is 0.395 e. The van der Waals surface area contributed by atoms with Gasteiger partial charge < -0.3 is 10.0 Å². The topological polar surface area (TPSA) is 65.4 Å². The molecule has 5 rings (SSSR count). The number of aromatic nitrogens is 3. The standard InChI is InChI=1S/C20H23N5OS/c26-12-11-24-7-9-25(10-8-24)19-17-15-4-1-5-16(15)27-20(17)23-18(22-19)14-3-2-6-21-13-14/h2-3,6,13,26H,1,4-5,7-12H2. The second kappa shape index (κ2) is 7.14. The molecule has 1 aliphatic heterocycles. The van der Waals surface area contributed by atoms with E-state index in [1.54, 1.807) is 6.20 Å². The average molecular weight is 382 g/mol. The number of aliphatic hydroxyl groups is 1. The minimum Gasteiger partial charge on any atom is -0.395 e. The summed E-state index contributed by atoms with van der Waals surface area (Å²) in [6, 6.07) is 3.96. The van der Waals surface area contributed by atoms with E-state index in [-0.39, 0.29) is 6.61 Å². The smallest absolute Gasteiger partial charge is 0.164 e. The first-order valence-corrected chi connectivity index (χ1v) is 10.5. The van der Waals surface area contributed by atoms with Crippen molar-refractivity contribution in [3.8, 4) is 11.4 Å². The third kappa shape index (κ3) is 3.09. The van der Waals surface area contributed by atoms with E-state index in [4.69, 9.17) is 9.97 Å². The molecule has 1 saturated heterocycles. The average Bonchev–Trinajstić information content (AvgIpc) is 3.30. The summed E-state index contributed by atoms with van der Waals surface area (Å²) in [5.41, 5.74) is 2.44. The first kappa shape index (κ1) is 17.0. The van der Waals surface area contributed by atoms with E-state index in [2.05, 4.69) is 14.8 Å². The van der Waals surface area contributed by atoms with Gasteiger partial charge in [-0.15, -0.1) is 11.3 Å². The van der Waals surface area contributed by atoms with Crippen LogP contribution in [0.5, 0.6) is 0 Å². The molecule has 3 aromatic rings. The van der Waals surface area contributed by atoms with Crippen LogP contribution in [-0.4, -0.2) is 64.3 Å². The Bertz CT molecular complexity index is 950. The molecular weight excluding hydrogens is 358 g/mol. The third-order valence-corrected chi connectivity index (χ3v) is 6.74. The Kier molecular flexibility index (Phi) is 4.51. The van der Waals surface area contributed by atoms with E-state index in [0.29, 0.717) is 0 Å². The van der Waals surface area contributed by atoms with Gasteiger partial charge in [0.25, 0.3) is 0 Å². The second-order valence-corrected chi connectivity index (χ2v) is 8.29. The van der Waals surface area contributed by atoms with Gasteiger partial charge in [0.2, 0.25) is 0 Å². The van der Waals surface area contributed by atoms with Gasteiger partial charge in [0.05, 0.1) is 12.0 Å². The fourth-order valence-electron chi connectivity index (χ4n) is 4.15. The van der Waals surface area contributed by atoms with Crippen LogP contribution < -0.4 is 4.90 Å². The minimum atomic E-state index is 0.223. The highest BCUT2D eigenvalue weighted by Gasteiger charge is 2.27. The predicted molar refractivity (Wildman–Crippen MR) is 108 cm³/mol. The lowest BCUT2D eigenvalue weighted by Crippen LogP contribution is -2.47. The molecule has 1 fully saturated rings. The molecule has 1 aliphatic carbocycles. The molecule has 0 spiro atoms. The van der Waals surface area contributed by atoms with Gasteiger partial charge in [0, 0.05) is 55.6 Å². The molecule has 0 saturated carbocycles. The van der Waals surface area contributed by atoms with Gasteiger partial charge in [0.15, 0.2) is 5.82 Å². The number of pyridine rings is 1. The number of piperazine rings is 1. The van der Waals surface area contributed by atoms with E-state index >= 15 is 0 Å². The van der Waals surface area contributed by atoms with E-state index in [9.17, 15) is 5.11 Å². The number of thiophene rings is 1. The van der Waals surface area contributed by atoms with Crippen molar-refractivity contribution in [1.82, 2.24) is 19.9 Å². The second-order valence-electron chi connectivity index (χ2n) is 7.20. The Morgan fingerprint density at radius 3 is 2.78 bits per heavy atom. The van der Waals surface area contributed by atoms with Gasteiger partial charge >= 0.3 is 0 Å². The molecule has 140 valence electrons. The third-order valence-electron chi connectivity index (χ3n) is 5.55. The van der Waals surface area contributed by atoms with Crippen LogP contribution in [0.3, 0.4) is 0 Å². The summed E-state index contributed by atoms with van der Waals surface area (Å²) in [7, 11) is 0. The number of aryl methyl sites for hydroxylation is 2. The monoisotopic (exact) mass is 381 g/mol. The van der Waals surface area contributed by atoms with E-state index < -0.39 is 0 Å². The Balaban J connectivity index is 1.59. The zero-order chi connectivity index (χ0) is 18.2. The lowest BCUT2D eigenvalue weighted by molar-refractivity contribution is 0.188. The summed E-state index contributed by atoms with van der Waals surface area (Å²) in [5, 5.41) is 10.5. The molecule has 6 nitrogen and oxygen atoms in total. The van der Waals surface area contributed by atoms with Gasteiger partial charge in [-0.25, -0.2) is 9.97 Å². The van der Waals surface area contributed by atoms with Crippen molar-refractivity contribution in [1.29, 1.82) is 0 Å². The molecule has 0 aromatic carbocycles. The van der Waals surface area contributed by atoms with Crippen molar-refractivity contribution >= 4 is 27.4 Å². The fraction of sp³-hybridized carbons (Fsp3) is 0.450. The van der Waals surface area contributed by atoms with Crippen LogP contribution in [0, 0.1) is 0 Å². The minimum absolute atomic E-state index is 0.223. The van der Waals surface area contributed by atoms with Gasteiger partial charge in [-0.3, -0.25) is 9.88 Å². The molecule has 7 heteroatoms. The number of rotatable bonds is 4. The van der Waals surface area contributed by atoms with Crippen molar-refractivity contribution in [2.45, 2.75) is 19.3 Å². The molecular formula is C20H23N5OS. The summed E-state index contributed by atoms with van der Waals surface area (Å²) >= 11 is 1.84. The highest BCUT2D eigenvalue weighted by atomic mass is 32.1. The number of β-amino-alcohol motifs (C(OH)–C–C–N with tert-alkyl or cyclic N) is 1. The lowest BCUT2D eigenvalue weighted by Gasteiger charge is -2.35. The maximum Gasteiger partial charge on any atom is 0.164 e. The summed E-state index contributed by atoms with van der Waals surface area (Å²) in [6.07, 6.45) is 7.17. The van der Waals surface area contributed by atoms with Crippen molar-refractivity contribution in [3.63, 3.8) is 0 Å². The maximum absolute atomic E-state index is 9.20. The first-order chi connectivity index (χ1) is 13.3. The molecule has 0 amide bonds. The normalized spacial score (nSPS) is 17.6. The summed E-state index contributed by atoms with van der Waals surface area (Å²) < 4.78 is 0. The zero-order valence-electron chi connectivity index (χ0n) is 15.3. The van der Waals surface area contributed by atoms with Crippen LogP contribution in [-0.2, 0) is 12.8 Å². The van der Waals surface area contributed by atoms with Crippen molar-refractivity contribution in [2.24, 2.45) is 0 Å². The van der Waals surface area contributed by atoms with E-state index in [1.165, 1.54) is 28.7 Å². The Labute approximate surface area is 162 Å². The number of fused-ring (bicyclic) bond motifs is 3. The molecule has 0 bridgehead atoms. The van der Waals surface area contributed by atoms with Gasteiger partial charge in [-0.1, -0.05) is 0 Å².